The highest BCUT2D eigenvalue weighted by atomic mass is 16.5. The summed E-state index contributed by atoms with van der Waals surface area (Å²) < 4.78 is 5.71. The van der Waals surface area contributed by atoms with E-state index < -0.39 is 0 Å². The Bertz CT molecular complexity index is 239. The van der Waals surface area contributed by atoms with Crippen molar-refractivity contribution in [3.63, 3.8) is 0 Å². The average Bonchev–Trinajstić information content (AvgIpc) is 2.50. The predicted octanol–water partition coefficient (Wildman–Crippen LogP) is 1.38. The maximum Gasteiger partial charge on any atom is 0.225 e. The van der Waals surface area contributed by atoms with Crippen LogP contribution in [-0.4, -0.2) is 29.2 Å². The summed E-state index contributed by atoms with van der Waals surface area (Å²) in [6, 6.07) is 0.292. The fraction of sp³-hybridized carbons (Fsp3) is 0.900. The van der Waals surface area contributed by atoms with E-state index in [1.165, 1.54) is 0 Å². The Labute approximate surface area is 79.0 Å². The molecule has 0 aromatic heterocycles. The third-order valence-corrected chi connectivity index (χ3v) is 3.25. The summed E-state index contributed by atoms with van der Waals surface area (Å²) in [6.45, 7) is 7.02. The molecule has 2 atom stereocenters. The van der Waals surface area contributed by atoms with Gasteiger partial charge in [0.25, 0.3) is 0 Å². The molecule has 2 heterocycles. The van der Waals surface area contributed by atoms with Crippen LogP contribution in [0.3, 0.4) is 0 Å². The highest BCUT2D eigenvalue weighted by Crippen LogP contribution is 2.39. The maximum atomic E-state index is 11.6. The van der Waals surface area contributed by atoms with Gasteiger partial charge < -0.3 is 9.64 Å². The molecule has 2 aliphatic heterocycles. The van der Waals surface area contributed by atoms with E-state index in [1.807, 2.05) is 11.8 Å². The molecule has 0 radical (unpaired) electrons. The van der Waals surface area contributed by atoms with Crippen LogP contribution < -0.4 is 0 Å². The Morgan fingerprint density at radius 1 is 1.62 bits per heavy atom. The van der Waals surface area contributed by atoms with E-state index >= 15 is 0 Å². The van der Waals surface area contributed by atoms with Gasteiger partial charge in [-0.2, -0.15) is 0 Å². The normalized spacial score (nSPS) is 38.9. The molecule has 2 rings (SSSR count). The van der Waals surface area contributed by atoms with E-state index in [-0.39, 0.29) is 11.6 Å². The van der Waals surface area contributed by atoms with Crippen molar-refractivity contribution >= 4 is 5.91 Å². The fourth-order valence-electron chi connectivity index (χ4n) is 2.35. The van der Waals surface area contributed by atoms with Gasteiger partial charge in [0.1, 0.15) is 5.72 Å². The number of ether oxygens (including phenoxy) is 1. The number of carbonyl (C=O) groups excluding carboxylic acids is 1. The van der Waals surface area contributed by atoms with Crippen molar-refractivity contribution in [3.05, 3.63) is 0 Å². The molecular weight excluding hydrogens is 166 g/mol. The van der Waals surface area contributed by atoms with Crippen molar-refractivity contribution in [1.29, 1.82) is 0 Å². The third kappa shape index (κ3) is 1.17. The number of hydrogen-bond acceptors (Lipinski definition) is 2. The van der Waals surface area contributed by atoms with Gasteiger partial charge in [0, 0.05) is 12.8 Å². The smallest absolute Gasteiger partial charge is 0.225 e. The lowest BCUT2D eigenvalue weighted by Gasteiger charge is -2.31. The number of hydrogen-bond donors (Lipinski definition) is 0. The molecule has 2 fully saturated rings. The maximum absolute atomic E-state index is 11.6. The van der Waals surface area contributed by atoms with E-state index in [0.717, 1.165) is 6.42 Å². The Hall–Kier alpha value is -0.570. The monoisotopic (exact) mass is 183 g/mol. The van der Waals surface area contributed by atoms with Crippen LogP contribution in [0.2, 0.25) is 0 Å². The zero-order chi connectivity index (χ0) is 9.64. The zero-order valence-electron chi connectivity index (χ0n) is 8.54. The Kier molecular flexibility index (Phi) is 1.88. The SMILES string of the molecule is CC(C)[C@H]1COC2(C)CCC(=O)N12. The number of nitrogens with zero attached hydrogens (tertiary/aromatic N) is 1. The van der Waals surface area contributed by atoms with E-state index in [1.54, 1.807) is 0 Å². The molecular formula is C10H17NO2. The highest BCUT2D eigenvalue weighted by molar-refractivity contribution is 5.80. The van der Waals surface area contributed by atoms with Gasteiger partial charge in [-0.1, -0.05) is 13.8 Å². The van der Waals surface area contributed by atoms with Crippen LogP contribution in [0.5, 0.6) is 0 Å². The fourth-order valence-corrected chi connectivity index (χ4v) is 2.35. The molecule has 0 bridgehead atoms. The molecule has 1 amide bonds. The Balaban J connectivity index is 2.25. The number of amides is 1. The van der Waals surface area contributed by atoms with Crippen LogP contribution in [0.15, 0.2) is 0 Å². The number of fused-ring (bicyclic) bond motifs is 1. The van der Waals surface area contributed by atoms with Crippen LogP contribution in [0.4, 0.5) is 0 Å². The summed E-state index contributed by atoms with van der Waals surface area (Å²) in [4.78, 5) is 13.6. The second-order valence-electron chi connectivity index (χ2n) is 4.56. The van der Waals surface area contributed by atoms with Crippen molar-refractivity contribution in [1.82, 2.24) is 4.90 Å². The molecule has 2 saturated heterocycles. The van der Waals surface area contributed by atoms with Gasteiger partial charge in [0.2, 0.25) is 5.91 Å². The molecule has 74 valence electrons. The topological polar surface area (TPSA) is 29.5 Å². The molecule has 1 unspecified atom stereocenters. The molecule has 0 aromatic carbocycles. The molecule has 0 aromatic rings. The summed E-state index contributed by atoms with van der Waals surface area (Å²) in [6.07, 6.45) is 1.51. The quantitative estimate of drug-likeness (QED) is 0.614. The first-order chi connectivity index (χ1) is 6.04. The van der Waals surface area contributed by atoms with Crippen molar-refractivity contribution in [3.8, 4) is 0 Å². The minimum atomic E-state index is -0.286. The lowest BCUT2D eigenvalue weighted by molar-refractivity contribution is -0.137. The first-order valence-corrected chi connectivity index (χ1v) is 5.01. The van der Waals surface area contributed by atoms with Crippen molar-refractivity contribution < 1.29 is 9.53 Å². The molecule has 3 nitrogen and oxygen atoms in total. The van der Waals surface area contributed by atoms with Crippen molar-refractivity contribution in [2.45, 2.75) is 45.4 Å². The lowest BCUT2D eigenvalue weighted by Crippen LogP contribution is -2.45. The van der Waals surface area contributed by atoms with Crippen LogP contribution >= 0.6 is 0 Å². The minimum absolute atomic E-state index is 0.263. The molecule has 3 heteroatoms. The Morgan fingerprint density at radius 2 is 2.31 bits per heavy atom. The first-order valence-electron chi connectivity index (χ1n) is 5.01. The largest absolute Gasteiger partial charge is 0.354 e. The summed E-state index contributed by atoms with van der Waals surface area (Å²) in [5, 5.41) is 0. The summed E-state index contributed by atoms with van der Waals surface area (Å²) in [7, 11) is 0. The standard InChI is InChI=1S/C10H17NO2/c1-7(2)8-6-13-10(3)5-4-9(12)11(8)10/h7-8H,4-6H2,1-3H3/t8-,10?/m1/s1. The molecule has 2 aliphatic rings. The highest BCUT2D eigenvalue weighted by Gasteiger charge is 2.51. The second kappa shape index (κ2) is 2.71. The van der Waals surface area contributed by atoms with Crippen LogP contribution in [0, 0.1) is 5.92 Å². The summed E-state index contributed by atoms with van der Waals surface area (Å²) in [5.41, 5.74) is -0.286. The molecule has 0 N–H and O–H groups in total. The van der Waals surface area contributed by atoms with Gasteiger partial charge in [-0.05, 0) is 12.8 Å². The zero-order valence-corrected chi connectivity index (χ0v) is 8.54. The Morgan fingerprint density at radius 3 is 2.92 bits per heavy atom. The summed E-state index contributed by atoms with van der Waals surface area (Å²) in [5.74, 6) is 0.752. The number of rotatable bonds is 1. The second-order valence-corrected chi connectivity index (χ2v) is 4.56. The molecule has 0 spiro atoms. The van der Waals surface area contributed by atoms with Gasteiger partial charge in [-0.15, -0.1) is 0 Å². The lowest BCUT2D eigenvalue weighted by atomic mass is 10.0. The molecule has 0 saturated carbocycles. The van der Waals surface area contributed by atoms with E-state index in [0.29, 0.717) is 25.0 Å². The van der Waals surface area contributed by atoms with Crippen molar-refractivity contribution in [2.24, 2.45) is 5.92 Å². The third-order valence-electron chi connectivity index (χ3n) is 3.25. The van der Waals surface area contributed by atoms with Gasteiger partial charge in [-0.25, -0.2) is 0 Å². The summed E-state index contributed by atoms with van der Waals surface area (Å²) >= 11 is 0. The van der Waals surface area contributed by atoms with Crippen LogP contribution in [0.25, 0.3) is 0 Å². The van der Waals surface area contributed by atoms with Gasteiger partial charge >= 0.3 is 0 Å². The first kappa shape index (κ1) is 9.00. The minimum Gasteiger partial charge on any atom is -0.354 e. The average molecular weight is 183 g/mol. The van der Waals surface area contributed by atoms with E-state index in [4.69, 9.17) is 4.74 Å². The van der Waals surface area contributed by atoms with Crippen molar-refractivity contribution in [2.75, 3.05) is 6.61 Å². The predicted molar refractivity (Wildman–Crippen MR) is 49.1 cm³/mol. The molecule has 13 heavy (non-hydrogen) atoms. The number of carbonyl (C=O) groups is 1. The van der Waals surface area contributed by atoms with E-state index in [9.17, 15) is 4.79 Å². The van der Waals surface area contributed by atoms with Gasteiger partial charge in [0.15, 0.2) is 0 Å². The van der Waals surface area contributed by atoms with E-state index in [2.05, 4.69) is 13.8 Å². The van der Waals surface area contributed by atoms with Crippen LogP contribution in [0.1, 0.15) is 33.6 Å². The van der Waals surface area contributed by atoms with Gasteiger partial charge in [0.05, 0.1) is 12.6 Å². The molecule has 0 aliphatic carbocycles. The van der Waals surface area contributed by atoms with Gasteiger partial charge in [-0.3, -0.25) is 4.79 Å². The van der Waals surface area contributed by atoms with Crippen LogP contribution in [-0.2, 0) is 9.53 Å².